The Morgan fingerprint density at radius 2 is 1.71 bits per heavy atom. The fraction of sp³-hybridized carbons (Fsp3) is 0.192. The predicted molar refractivity (Wildman–Crippen MR) is 118 cm³/mol. The number of benzene rings is 2. The number of nitrogens with zero attached hydrogens (tertiary/aromatic N) is 2. The molecule has 0 radical (unpaired) electrons. The first-order valence-electron chi connectivity index (χ1n) is 10.3. The average Bonchev–Trinajstić information content (AvgIpc) is 3.28. The molecule has 1 fully saturated rings. The lowest BCUT2D eigenvalue weighted by molar-refractivity contribution is -0.119. The molecule has 154 valence electrons. The van der Waals surface area contributed by atoms with Crippen molar-refractivity contribution in [3.05, 3.63) is 95.4 Å². The predicted octanol–water partition coefficient (Wildman–Crippen LogP) is 5.38. The van der Waals surface area contributed by atoms with Gasteiger partial charge in [-0.25, -0.2) is 9.37 Å². The summed E-state index contributed by atoms with van der Waals surface area (Å²) < 4.78 is 14.1. The Bertz CT molecular complexity index is 1160. The molecule has 1 aliphatic carbocycles. The number of nitriles is 1. The van der Waals surface area contributed by atoms with Crippen LogP contribution in [-0.4, -0.2) is 10.9 Å². The van der Waals surface area contributed by atoms with Crippen LogP contribution in [0.25, 0.3) is 17.3 Å². The molecule has 5 heteroatoms. The number of nitrogens with one attached hydrogen (secondary N) is 1. The number of amides is 1. The van der Waals surface area contributed by atoms with E-state index < -0.39 is 11.4 Å². The van der Waals surface area contributed by atoms with Crippen molar-refractivity contribution in [2.75, 3.05) is 0 Å². The van der Waals surface area contributed by atoms with Crippen LogP contribution >= 0.6 is 0 Å². The van der Waals surface area contributed by atoms with Gasteiger partial charge in [0.15, 0.2) is 0 Å². The molecule has 1 aromatic heterocycles. The molecule has 1 aliphatic rings. The second-order valence-corrected chi connectivity index (χ2v) is 7.71. The molecule has 1 saturated carbocycles. The normalized spacial score (nSPS) is 15.3. The number of carbonyl (C=O) groups excluding carboxylic acids is 1. The van der Waals surface area contributed by atoms with Gasteiger partial charge in [-0.2, -0.15) is 5.26 Å². The Kier molecular flexibility index (Phi) is 5.90. The zero-order valence-electron chi connectivity index (χ0n) is 17.0. The average molecular weight is 411 g/mol. The zero-order valence-corrected chi connectivity index (χ0v) is 17.0. The number of rotatable bonds is 5. The maximum Gasteiger partial charge on any atom is 0.262 e. The molecule has 4 rings (SSSR count). The van der Waals surface area contributed by atoms with Crippen molar-refractivity contribution in [3.63, 3.8) is 0 Å². The molecule has 0 aliphatic heterocycles. The molecular weight excluding hydrogens is 389 g/mol. The minimum absolute atomic E-state index is 0.0274. The fourth-order valence-electron chi connectivity index (χ4n) is 4.15. The third kappa shape index (κ3) is 4.39. The molecular formula is C26H22FN3O. The fourth-order valence-corrected chi connectivity index (χ4v) is 4.15. The third-order valence-corrected chi connectivity index (χ3v) is 5.71. The second-order valence-electron chi connectivity index (χ2n) is 7.71. The summed E-state index contributed by atoms with van der Waals surface area (Å²) in [4.78, 5) is 17.5. The summed E-state index contributed by atoms with van der Waals surface area (Å²) >= 11 is 0. The summed E-state index contributed by atoms with van der Waals surface area (Å²) in [5.74, 6) is -0.799. The molecule has 0 saturated heterocycles. The SMILES string of the molecule is N#C/C(=C\c1cccc(-c2ccccc2F)n1)C(=O)NC1(c2ccccc2)CCCC1. The molecule has 0 spiro atoms. The smallest absolute Gasteiger partial charge is 0.262 e. The summed E-state index contributed by atoms with van der Waals surface area (Å²) in [6.07, 6.45) is 5.16. The number of aromatic nitrogens is 1. The van der Waals surface area contributed by atoms with E-state index in [0.717, 1.165) is 31.2 Å². The zero-order chi connectivity index (χ0) is 21.7. The van der Waals surface area contributed by atoms with Gasteiger partial charge in [0.2, 0.25) is 0 Å². The molecule has 2 aromatic carbocycles. The molecule has 1 heterocycles. The van der Waals surface area contributed by atoms with Crippen molar-refractivity contribution < 1.29 is 9.18 Å². The molecule has 4 nitrogen and oxygen atoms in total. The van der Waals surface area contributed by atoms with Crippen molar-refractivity contribution in [1.82, 2.24) is 10.3 Å². The minimum atomic E-state index is -0.462. The highest BCUT2D eigenvalue weighted by Gasteiger charge is 2.37. The van der Waals surface area contributed by atoms with Crippen LogP contribution in [0.3, 0.4) is 0 Å². The van der Waals surface area contributed by atoms with Gasteiger partial charge < -0.3 is 5.32 Å². The van der Waals surface area contributed by atoms with Gasteiger partial charge in [0.25, 0.3) is 5.91 Å². The van der Waals surface area contributed by atoms with E-state index in [9.17, 15) is 14.4 Å². The number of carbonyl (C=O) groups is 1. The standard InChI is InChI=1S/C26H22FN3O/c27-23-13-5-4-12-22(23)24-14-8-11-21(29-24)17-19(18-28)25(31)30-26(15-6-7-16-26)20-9-2-1-3-10-20/h1-5,8-14,17H,6-7,15-16H2,(H,30,31)/b19-17+. The van der Waals surface area contributed by atoms with Gasteiger partial charge in [0, 0.05) is 5.56 Å². The highest BCUT2D eigenvalue weighted by Crippen LogP contribution is 2.38. The maximum absolute atomic E-state index is 14.1. The lowest BCUT2D eigenvalue weighted by atomic mass is 9.88. The van der Waals surface area contributed by atoms with Gasteiger partial charge in [-0.15, -0.1) is 0 Å². The second kappa shape index (κ2) is 8.93. The van der Waals surface area contributed by atoms with E-state index in [-0.39, 0.29) is 11.4 Å². The van der Waals surface area contributed by atoms with Crippen LogP contribution in [-0.2, 0) is 10.3 Å². The van der Waals surface area contributed by atoms with Crippen LogP contribution < -0.4 is 5.32 Å². The largest absolute Gasteiger partial charge is 0.342 e. The molecule has 1 amide bonds. The number of pyridine rings is 1. The maximum atomic E-state index is 14.1. The van der Waals surface area contributed by atoms with Gasteiger partial charge >= 0.3 is 0 Å². The monoisotopic (exact) mass is 411 g/mol. The number of hydrogen-bond donors (Lipinski definition) is 1. The van der Waals surface area contributed by atoms with Gasteiger partial charge in [-0.1, -0.05) is 61.4 Å². The van der Waals surface area contributed by atoms with Crippen molar-refractivity contribution in [3.8, 4) is 17.3 Å². The van der Waals surface area contributed by atoms with Crippen LogP contribution in [0.2, 0.25) is 0 Å². The van der Waals surface area contributed by atoms with E-state index in [0.29, 0.717) is 17.0 Å². The highest BCUT2D eigenvalue weighted by atomic mass is 19.1. The van der Waals surface area contributed by atoms with E-state index in [1.165, 1.54) is 12.1 Å². The van der Waals surface area contributed by atoms with Gasteiger partial charge in [-0.3, -0.25) is 4.79 Å². The Hall–Kier alpha value is -3.78. The Morgan fingerprint density at radius 1 is 1.00 bits per heavy atom. The van der Waals surface area contributed by atoms with E-state index >= 15 is 0 Å². The molecule has 1 N–H and O–H groups in total. The van der Waals surface area contributed by atoms with Gasteiger partial charge in [0.1, 0.15) is 17.5 Å². The molecule has 0 bridgehead atoms. The first-order chi connectivity index (χ1) is 15.1. The van der Waals surface area contributed by atoms with Crippen molar-refractivity contribution in [1.29, 1.82) is 5.26 Å². The molecule has 31 heavy (non-hydrogen) atoms. The Balaban J connectivity index is 1.62. The van der Waals surface area contributed by atoms with Crippen molar-refractivity contribution in [2.45, 2.75) is 31.2 Å². The topological polar surface area (TPSA) is 65.8 Å². The molecule has 0 unspecified atom stereocenters. The summed E-state index contributed by atoms with van der Waals surface area (Å²) in [5, 5.41) is 12.8. The Morgan fingerprint density at radius 3 is 2.42 bits per heavy atom. The summed E-state index contributed by atoms with van der Waals surface area (Å²) in [6.45, 7) is 0. The van der Waals surface area contributed by atoms with E-state index in [2.05, 4.69) is 10.3 Å². The molecule has 0 atom stereocenters. The van der Waals surface area contributed by atoms with Crippen molar-refractivity contribution in [2.24, 2.45) is 0 Å². The lowest BCUT2D eigenvalue weighted by Crippen LogP contribution is -2.44. The van der Waals surface area contributed by atoms with Gasteiger partial charge in [-0.05, 0) is 48.7 Å². The Labute approximate surface area is 181 Å². The van der Waals surface area contributed by atoms with Crippen LogP contribution in [0.5, 0.6) is 0 Å². The summed E-state index contributed by atoms with van der Waals surface area (Å²) in [5.41, 5.74) is 1.80. The van der Waals surface area contributed by atoms with E-state index in [1.807, 2.05) is 36.4 Å². The lowest BCUT2D eigenvalue weighted by Gasteiger charge is -2.31. The number of hydrogen-bond acceptors (Lipinski definition) is 3. The third-order valence-electron chi connectivity index (χ3n) is 5.71. The van der Waals surface area contributed by atoms with Crippen LogP contribution in [0.1, 0.15) is 36.9 Å². The van der Waals surface area contributed by atoms with Crippen molar-refractivity contribution >= 4 is 12.0 Å². The van der Waals surface area contributed by atoms with Crippen LogP contribution in [0.15, 0.2) is 78.4 Å². The van der Waals surface area contributed by atoms with Gasteiger partial charge in [0.05, 0.1) is 16.9 Å². The van der Waals surface area contributed by atoms with E-state index in [4.69, 9.17) is 0 Å². The van der Waals surface area contributed by atoms with E-state index in [1.54, 1.807) is 36.4 Å². The quantitative estimate of drug-likeness (QED) is 0.453. The molecule has 3 aromatic rings. The van der Waals surface area contributed by atoms with Crippen LogP contribution in [0, 0.1) is 17.1 Å². The highest BCUT2D eigenvalue weighted by molar-refractivity contribution is 6.02. The van der Waals surface area contributed by atoms with Crippen LogP contribution in [0.4, 0.5) is 4.39 Å². The first-order valence-corrected chi connectivity index (χ1v) is 10.3. The summed E-state index contributed by atoms with van der Waals surface area (Å²) in [6, 6.07) is 23.4. The minimum Gasteiger partial charge on any atom is -0.342 e. The number of halogens is 1. The summed E-state index contributed by atoms with van der Waals surface area (Å²) in [7, 11) is 0. The first kappa shape index (κ1) is 20.5.